The van der Waals surface area contributed by atoms with E-state index < -0.39 is 24.8 Å². The fourth-order valence-corrected chi connectivity index (χ4v) is 0. The normalized spacial score (nSPS) is 7.50. The Labute approximate surface area is 119 Å². The van der Waals surface area contributed by atoms with Crippen molar-refractivity contribution in [2.75, 3.05) is 0 Å². The first-order valence-corrected chi connectivity index (χ1v) is 5.51. The van der Waals surface area contributed by atoms with Crippen LogP contribution >= 0.6 is 24.8 Å². The Morgan fingerprint density at radius 1 is 0.500 bits per heavy atom. The second-order valence-electron chi connectivity index (χ2n) is 0.750. The molecule has 14 heavy (non-hydrogen) atoms. The first-order valence-electron chi connectivity index (χ1n) is 1.84. The van der Waals surface area contributed by atoms with Gasteiger partial charge in [0.05, 0.1) is 0 Å². The zero-order chi connectivity index (χ0) is 10.7. The molecule has 0 rings (SSSR count). The van der Waals surface area contributed by atoms with Crippen LogP contribution in [0, 0.1) is 0 Å². The van der Waals surface area contributed by atoms with Crippen LogP contribution in [0.4, 0.5) is 0 Å². The maximum absolute atomic E-state index is 8.52. The van der Waals surface area contributed by atoms with Crippen molar-refractivity contribution in [2.24, 2.45) is 0 Å². The fraction of sp³-hybridized carbons (Fsp3) is 0. The number of hydrogen-bond acceptors (Lipinski definition) is 9. The van der Waals surface area contributed by atoms with Crippen LogP contribution in [0.2, 0.25) is 0 Å². The van der Waals surface area contributed by atoms with Crippen molar-refractivity contribution in [3.8, 4) is 0 Å². The summed E-state index contributed by atoms with van der Waals surface area (Å²) in [5.41, 5.74) is 0. The van der Waals surface area contributed by atoms with Gasteiger partial charge in [-0.1, -0.05) is 24.8 Å². The Morgan fingerprint density at radius 3 is 0.500 bits per heavy atom. The first-order chi connectivity index (χ1) is 5.20. The number of rotatable bonds is 0. The average molecular weight is 470 g/mol. The molecule has 0 unspecified atom stereocenters. The molecule has 0 bridgehead atoms. The van der Waals surface area contributed by atoms with Gasteiger partial charge in [0, 0.05) is 0 Å². The second kappa shape index (κ2) is 24.4. The Hall–Kier alpha value is 2.19. The topological polar surface area (TPSA) is 190 Å². The minimum Gasteiger partial charge on any atom is -0.813 e. The Morgan fingerprint density at radius 2 is 0.500 bits per heavy atom. The standard InChI is InChI=1S/2In.3H3O3P/c;;3*1-4(2)3/h;;3*4H,(H2,1,2,3)/q2*+3;;;/p-6. The van der Waals surface area contributed by atoms with Crippen LogP contribution in [-0.4, -0.2) is 51.7 Å². The summed E-state index contributed by atoms with van der Waals surface area (Å²) in [6.07, 6.45) is 0. The molecular formula is H3In2O9P3. The van der Waals surface area contributed by atoms with Gasteiger partial charge in [-0.05, 0) is 0 Å². The van der Waals surface area contributed by atoms with E-state index in [4.69, 9.17) is 43.1 Å². The molecule has 0 aromatic rings. The molecule has 0 radical (unpaired) electrons. The summed E-state index contributed by atoms with van der Waals surface area (Å²) in [6.45, 7) is 0. The monoisotopic (exact) mass is 470 g/mol. The molecule has 14 heteroatoms. The largest absolute Gasteiger partial charge is 3.00 e. The van der Waals surface area contributed by atoms with Crippen LogP contribution in [0.3, 0.4) is 0 Å². The first kappa shape index (κ1) is 29.8. The Kier molecular flexibility index (Phi) is 52.1. The van der Waals surface area contributed by atoms with Gasteiger partial charge < -0.3 is 43.1 Å². The molecule has 0 saturated heterocycles. The maximum atomic E-state index is 8.52. The molecule has 9 nitrogen and oxygen atoms in total. The van der Waals surface area contributed by atoms with E-state index in [0.717, 1.165) is 0 Å². The minimum absolute atomic E-state index is 0. The van der Waals surface area contributed by atoms with Gasteiger partial charge in [0.2, 0.25) is 0 Å². The molecule has 0 aromatic heterocycles. The summed E-state index contributed by atoms with van der Waals surface area (Å²) < 4.78 is 25.6. The van der Waals surface area contributed by atoms with Crippen molar-refractivity contribution in [1.82, 2.24) is 0 Å². The predicted molar refractivity (Wildman–Crippen MR) is 38.5 cm³/mol. The van der Waals surface area contributed by atoms with E-state index in [-0.39, 0.29) is 51.7 Å². The van der Waals surface area contributed by atoms with Crippen LogP contribution in [0.15, 0.2) is 0 Å². The van der Waals surface area contributed by atoms with Gasteiger partial charge in [-0.2, -0.15) is 0 Å². The van der Waals surface area contributed by atoms with Gasteiger partial charge in [0.1, 0.15) is 0 Å². The van der Waals surface area contributed by atoms with Gasteiger partial charge in [0.25, 0.3) is 0 Å². The molecule has 0 aromatic carbocycles. The van der Waals surface area contributed by atoms with Crippen molar-refractivity contribution in [2.45, 2.75) is 0 Å². The molecule has 0 atom stereocenters. The molecule has 0 aliphatic heterocycles. The van der Waals surface area contributed by atoms with Crippen LogP contribution in [0.25, 0.3) is 0 Å². The molecule has 0 amide bonds. The van der Waals surface area contributed by atoms with Gasteiger partial charge >= 0.3 is 51.7 Å². The SMILES string of the molecule is O=[PH]([O-])[O-].O=[PH]([O-])[O-].O=[PH]([O-])[O-].[In+3].[In+3]. The third-order valence-electron chi connectivity index (χ3n) is 0. The van der Waals surface area contributed by atoms with Crippen molar-refractivity contribution < 1.29 is 43.1 Å². The van der Waals surface area contributed by atoms with Crippen LogP contribution < -0.4 is 29.4 Å². The van der Waals surface area contributed by atoms with Crippen molar-refractivity contribution in [3.63, 3.8) is 0 Å². The van der Waals surface area contributed by atoms with Crippen molar-refractivity contribution in [3.05, 3.63) is 0 Å². The van der Waals surface area contributed by atoms with Gasteiger partial charge in [0.15, 0.2) is 0 Å². The molecule has 0 heterocycles. The molecule has 0 spiro atoms. The molecule has 0 saturated carbocycles. The van der Waals surface area contributed by atoms with E-state index in [0.29, 0.717) is 0 Å². The zero-order valence-electron chi connectivity index (χ0n) is 6.33. The fourth-order valence-electron chi connectivity index (χ4n) is 0. The van der Waals surface area contributed by atoms with Crippen LogP contribution in [0.5, 0.6) is 0 Å². The van der Waals surface area contributed by atoms with E-state index in [1.165, 1.54) is 0 Å². The summed E-state index contributed by atoms with van der Waals surface area (Å²) in [6, 6.07) is 0. The van der Waals surface area contributed by atoms with E-state index >= 15 is 0 Å². The van der Waals surface area contributed by atoms with E-state index in [9.17, 15) is 0 Å². The van der Waals surface area contributed by atoms with Gasteiger partial charge in [-0.3, -0.25) is 0 Å². The summed E-state index contributed by atoms with van der Waals surface area (Å²) in [5.74, 6) is 0. The minimum atomic E-state index is -3.63. The Balaban J connectivity index is -0.0000000270. The zero-order valence-corrected chi connectivity index (χ0v) is 15.9. The molecule has 78 valence electrons. The van der Waals surface area contributed by atoms with E-state index in [2.05, 4.69) is 0 Å². The quantitative estimate of drug-likeness (QED) is 0.310. The molecule has 0 N–H and O–H groups in total. The third kappa shape index (κ3) is 515. The van der Waals surface area contributed by atoms with E-state index in [1.807, 2.05) is 0 Å². The van der Waals surface area contributed by atoms with Gasteiger partial charge in [-0.15, -0.1) is 0 Å². The van der Waals surface area contributed by atoms with Gasteiger partial charge in [-0.25, -0.2) is 0 Å². The smallest absolute Gasteiger partial charge is 0.813 e. The average Bonchev–Trinajstić information content (AvgIpc) is 1.54. The maximum Gasteiger partial charge on any atom is 3.00 e. The van der Waals surface area contributed by atoms with Crippen molar-refractivity contribution >= 4 is 76.5 Å². The van der Waals surface area contributed by atoms with Crippen LogP contribution in [-0.2, 0) is 13.7 Å². The van der Waals surface area contributed by atoms with Crippen molar-refractivity contribution in [1.29, 1.82) is 0 Å². The third-order valence-corrected chi connectivity index (χ3v) is 0. The summed E-state index contributed by atoms with van der Waals surface area (Å²) >= 11 is 0. The number of hydrogen-bond donors (Lipinski definition) is 0. The van der Waals surface area contributed by atoms with Crippen LogP contribution in [0.1, 0.15) is 0 Å². The van der Waals surface area contributed by atoms with E-state index in [1.54, 1.807) is 0 Å². The molecule has 0 aliphatic rings. The predicted octanol–water partition coefficient (Wildman–Crippen LogP) is -6.47. The molecule has 0 aliphatic carbocycles. The Bertz CT molecular complexity index is 116. The summed E-state index contributed by atoms with van der Waals surface area (Å²) in [4.78, 5) is 51.1. The molecular weight excluding hydrogens is 467 g/mol. The molecule has 0 fully saturated rings. The summed E-state index contributed by atoms with van der Waals surface area (Å²) in [5, 5.41) is 0. The summed E-state index contributed by atoms with van der Waals surface area (Å²) in [7, 11) is -10.9. The second-order valence-corrected chi connectivity index (χ2v) is 2.25.